The molecule has 0 spiro atoms. The highest BCUT2D eigenvalue weighted by molar-refractivity contribution is 5.93. The molecule has 1 aromatic rings. The van der Waals surface area contributed by atoms with Gasteiger partial charge in [0.25, 0.3) is 11.5 Å². The van der Waals surface area contributed by atoms with Crippen LogP contribution in [0.5, 0.6) is 0 Å². The molecule has 1 fully saturated rings. The van der Waals surface area contributed by atoms with Crippen molar-refractivity contribution in [1.82, 2.24) is 10.3 Å². The highest BCUT2D eigenvalue weighted by Crippen LogP contribution is 2.25. The van der Waals surface area contributed by atoms with Crippen molar-refractivity contribution in [3.8, 4) is 0 Å². The van der Waals surface area contributed by atoms with Crippen LogP contribution >= 0.6 is 0 Å². The maximum atomic E-state index is 11.9. The Bertz CT molecular complexity index is 539. The minimum absolute atomic E-state index is 0.145. The molecule has 2 N–H and O–H groups in total. The quantitative estimate of drug-likeness (QED) is 0.816. The minimum atomic E-state index is -0.352. The van der Waals surface area contributed by atoms with E-state index in [1.54, 1.807) is 19.1 Å². The van der Waals surface area contributed by atoms with Crippen molar-refractivity contribution in [3.63, 3.8) is 0 Å². The molecule has 0 bridgehead atoms. The van der Waals surface area contributed by atoms with Gasteiger partial charge in [0.2, 0.25) is 0 Å². The topological polar surface area (TPSA) is 71.2 Å². The predicted molar refractivity (Wildman–Crippen MR) is 81.5 cm³/mol. The molecular formula is C16H24N2O3. The molecule has 1 saturated carbocycles. The van der Waals surface area contributed by atoms with E-state index in [0.29, 0.717) is 25.2 Å². The number of aromatic amines is 1. The van der Waals surface area contributed by atoms with E-state index in [-0.39, 0.29) is 17.0 Å². The summed E-state index contributed by atoms with van der Waals surface area (Å²) in [5.74, 6) is 0.242. The number of pyridine rings is 1. The lowest BCUT2D eigenvalue weighted by atomic mass is 9.88. The van der Waals surface area contributed by atoms with Gasteiger partial charge in [-0.1, -0.05) is 19.8 Å². The smallest absolute Gasteiger partial charge is 0.260 e. The van der Waals surface area contributed by atoms with Gasteiger partial charge in [-0.2, -0.15) is 0 Å². The largest absolute Gasteiger partial charge is 0.376 e. The first-order valence-electron chi connectivity index (χ1n) is 7.67. The molecule has 1 heterocycles. The Balaban J connectivity index is 1.75. The van der Waals surface area contributed by atoms with E-state index in [2.05, 4.69) is 17.2 Å². The molecule has 1 aromatic heterocycles. The van der Waals surface area contributed by atoms with Crippen molar-refractivity contribution in [2.45, 2.75) is 45.6 Å². The first-order chi connectivity index (χ1) is 10.1. The number of nitrogens with one attached hydrogen (secondary N) is 2. The number of aromatic nitrogens is 1. The van der Waals surface area contributed by atoms with Crippen LogP contribution in [0.4, 0.5) is 0 Å². The van der Waals surface area contributed by atoms with E-state index >= 15 is 0 Å². The van der Waals surface area contributed by atoms with E-state index in [4.69, 9.17) is 4.74 Å². The maximum absolute atomic E-state index is 11.9. The van der Waals surface area contributed by atoms with E-state index in [0.717, 1.165) is 12.1 Å². The fraction of sp³-hybridized carbons (Fsp3) is 0.625. The van der Waals surface area contributed by atoms with Crippen LogP contribution in [0.2, 0.25) is 0 Å². The molecule has 5 nitrogen and oxygen atoms in total. The summed E-state index contributed by atoms with van der Waals surface area (Å²) >= 11 is 0. The molecule has 1 aliphatic rings. The van der Waals surface area contributed by atoms with Gasteiger partial charge >= 0.3 is 0 Å². The lowest BCUT2D eigenvalue weighted by Gasteiger charge is -2.28. The molecule has 21 heavy (non-hydrogen) atoms. The Morgan fingerprint density at radius 2 is 2.14 bits per heavy atom. The highest BCUT2D eigenvalue weighted by Gasteiger charge is 2.21. The lowest BCUT2D eigenvalue weighted by molar-refractivity contribution is -0.00294. The lowest BCUT2D eigenvalue weighted by Crippen LogP contribution is -2.34. The van der Waals surface area contributed by atoms with Crippen LogP contribution in [0.3, 0.4) is 0 Å². The van der Waals surface area contributed by atoms with E-state index in [1.165, 1.54) is 19.3 Å². The third-order valence-electron chi connectivity index (χ3n) is 4.05. The van der Waals surface area contributed by atoms with Gasteiger partial charge in [0.05, 0.1) is 12.7 Å². The molecular weight excluding hydrogens is 268 g/mol. The Morgan fingerprint density at radius 1 is 1.38 bits per heavy atom. The van der Waals surface area contributed by atoms with Crippen LogP contribution in [0.1, 0.15) is 48.7 Å². The number of rotatable bonds is 5. The number of amides is 1. The summed E-state index contributed by atoms with van der Waals surface area (Å²) < 4.78 is 5.83. The molecule has 0 saturated heterocycles. The van der Waals surface area contributed by atoms with E-state index in [9.17, 15) is 9.59 Å². The number of ether oxygens (including phenoxy) is 1. The normalized spacial score (nSPS) is 22.0. The second-order valence-corrected chi connectivity index (χ2v) is 5.81. The van der Waals surface area contributed by atoms with E-state index < -0.39 is 0 Å². The third-order valence-corrected chi connectivity index (χ3v) is 4.05. The summed E-state index contributed by atoms with van der Waals surface area (Å²) in [6, 6.07) is 3.27. The fourth-order valence-electron chi connectivity index (χ4n) is 2.75. The van der Waals surface area contributed by atoms with Gasteiger partial charge in [0.1, 0.15) is 5.56 Å². The number of carbonyl (C=O) groups excluding carboxylic acids is 1. The van der Waals surface area contributed by atoms with Crippen molar-refractivity contribution < 1.29 is 9.53 Å². The predicted octanol–water partition coefficient (Wildman–Crippen LogP) is 2.01. The van der Waals surface area contributed by atoms with Crippen LogP contribution in [-0.2, 0) is 4.74 Å². The molecule has 2 rings (SSSR count). The molecule has 1 aliphatic carbocycles. The number of H-pyrrole nitrogens is 1. The van der Waals surface area contributed by atoms with Crippen molar-refractivity contribution in [2.24, 2.45) is 5.92 Å². The standard InChI is InChI=1S/C16H24N2O3/c1-11-5-3-4-6-14(11)21-10-9-17-15(19)13-8-7-12(2)18-16(13)20/h7-8,11,14H,3-6,9-10H2,1-2H3,(H,17,19)(H,18,20). The number of hydrogen-bond acceptors (Lipinski definition) is 3. The Morgan fingerprint density at radius 3 is 2.86 bits per heavy atom. The van der Waals surface area contributed by atoms with Gasteiger partial charge in [-0.3, -0.25) is 9.59 Å². The molecule has 5 heteroatoms. The third kappa shape index (κ3) is 4.43. The monoisotopic (exact) mass is 292 g/mol. The Kier molecular flexibility index (Phi) is 5.56. The average molecular weight is 292 g/mol. The van der Waals surface area contributed by atoms with Gasteiger partial charge in [-0.25, -0.2) is 0 Å². The average Bonchev–Trinajstić information content (AvgIpc) is 2.45. The highest BCUT2D eigenvalue weighted by atomic mass is 16.5. The molecule has 0 radical (unpaired) electrons. The zero-order valence-corrected chi connectivity index (χ0v) is 12.8. The molecule has 116 valence electrons. The van der Waals surface area contributed by atoms with Crippen LogP contribution in [0, 0.1) is 12.8 Å². The van der Waals surface area contributed by atoms with Crippen molar-refractivity contribution in [1.29, 1.82) is 0 Å². The Labute approximate surface area is 125 Å². The number of aryl methyl sites for hydroxylation is 1. The van der Waals surface area contributed by atoms with Gasteiger partial charge in [-0.05, 0) is 37.8 Å². The molecule has 0 aliphatic heterocycles. The minimum Gasteiger partial charge on any atom is -0.376 e. The van der Waals surface area contributed by atoms with Crippen LogP contribution in [0.25, 0.3) is 0 Å². The van der Waals surface area contributed by atoms with E-state index in [1.807, 2.05) is 0 Å². The molecule has 0 aromatic carbocycles. The van der Waals surface area contributed by atoms with Gasteiger partial charge < -0.3 is 15.0 Å². The molecule has 2 atom stereocenters. The number of hydrogen-bond donors (Lipinski definition) is 2. The SMILES string of the molecule is Cc1ccc(C(=O)NCCOC2CCCCC2C)c(=O)[nH]1. The summed E-state index contributed by atoms with van der Waals surface area (Å²) in [5, 5.41) is 2.73. The second kappa shape index (κ2) is 7.41. The Hall–Kier alpha value is -1.62. The number of carbonyl (C=O) groups is 1. The zero-order chi connectivity index (χ0) is 15.2. The molecule has 1 amide bonds. The summed E-state index contributed by atoms with van der Waals surface area (Å²) in [6.07, 6.45) is 5.13. The van der Waals surface area contributed by atoms with Crippen molar-refractivity contribution >= 4 is 5.91 Å². The first-order valence-corrected chi connectivity index (χ1v) is 7.67. The summed E-state index contributed by atoms with van der Waals surface area (Å²) in [5.41, 5.74) is 0.534. The van der Waals surface area contributed by atoms with Crippen molar-refractivity contribution in [2.75, 3.05) is 13.2 Å². The van der Waals surface area contributed by atoms with Crippen LogP contribution in [0.15, 0.2) is 16.9 Å². The van der Waals surface area contributed by atoms with Crippen molar-refractivity contribution in [3.05, 3.63) is 33.7 Å². The van der Waals surface area contributed by atoms with Gasteiger partial charge in [0, 0.05) is 12.2 Å². The van der Waals surface area contributed by atoms with Crippen LogP contribution < -0.4 is 10.9 Å². The molecule has 2 unspecified atom stereocenters. The summed E-state index contributed by atoms with van der Waals surface area (Å²) in [4.78, 5) is 26.2. The fourth-order valence-corrected chi connectivity index (χ4v) is 2.75. The van der Waals surface area contributed by atoms with Gasteiger partial charge in [0.15, 0.2) is 0 Å². The summed E-state index contributed by atoms with van der Waals surface area (Å²) in [6.45, 7) is 4.91. The maximum Gasteiger partial charge on any atom is 0.260 e. The summed E-state index contributed by atoms with van der Waals surface area (Å²) in [7, 11) is 0. The van der Waals surface area contributed by atoms with Gasteiger partial charge in [-0.15, -0.1) is 0 Å². The van der Waals surface area contributed by atoms with Crippen LogP contribution in [-0.4, -0.2) is 30.1 Å². The zero-order valence-electron chi connectivity index (χ0n) is 12.8. The first kappa shape index (κ1) is 15.8. The second-order valence-electron chi connectivity index (χ2n) is 5.81.